The molecule has 1 aliphatic rings. The van der Waals surface area contributed by atoms with Crippen LogP contribution in [-0.4, -0.2) is 26.7 Å². The van der Waals surface area contributed by atoms with E-state index >= 15 is 0 Å². The molecule has 1 aromatic heterocycles. The molecule has 0 bridgehead atoms. The van der Waals surface area contributed by atoms with E-state index in [1.54, 1.807) is 6.07 Å². The summed E-state index contributed by atoms with van der Waals surface area (Å²) in [5.41, 5.74) is 1.56. The Morgan fingerprint density at radius 3 is 2.77 bits per heavy atom. The fraction of sp³-hybridized carbons (Fsp3) is 0.353. The van der Waals surface area contributed by atoms with Gasteiger partial charge in [0.2, 0.25) is 0 Å². The minimum absolute atomic E-state index is 0.0704. The van der Waals surface area contributed by atoms with Crippen LogP contribution in [0.15, 0.2) is 36.5 Å². The minimum Gasteiger partial charge on any atom is -0.504 e. The SMILES string of the molecule is CC(Cc1ccc(O)c(O)c1)NC(=O)c1cccn1C1CC1. The van der Waals surface area contributed by atoms with E-state index in [4.69, 9.17) is 0 Å². The summed E-state index contributed by atoms with van der Waals surface area (Å²) in [6, 6.07) is 8.86. The van der Waals surface area contributed by atoms with Crippen LogP contribution < -0.4 is 5.32 Å². The van der Waals surface area contributed by atoms with Gasteiger partial charge in [0.05, 0.1) is 0 Å². The van der Waals surface area contributed by atoms with Crippen LogP contribution in [0.3, 0.4) is 0 Å². The van der Waals surface area contributed by atoms with Crippen molar-refractivity contribution >= 4 is 5.91 Å². The Balaban J connectivity index is 1.63. The fourth-order valence-corrected chi connectivity index (χ4v) is 2.66. The third kappa shape index (κ3) is 3.08. The van der Waals surface area contributed by atoms with E-state index in [0.29, 0.717) is 18.2 Å². The maximum absolute atomic E-state index is 12.4. The highest BCUT2D eigenvalue weighted by Crippen LogP contribution is 2.36. The predicted octanol–water partition coefficient (Wildman–Crippen LogP) is 2.60. The monoisotopic (exact) mass is 300 g/mol. The molecule has 1 fully saturated rings. The van der Waals surface area contributed by atoms with Crippen molar-refractivity contribution in [2.75, 3.05) is 0 Å². The van der Waals surface area contributed by atoms with Gasteiger partial charge in [-0.1, -0.05) is 6.07 Å². The number of carbonyl (C=O) groups is 1. The van der Waals surface area contributed by atoms with E-state index in [2.05, 4.69) is 5.32 Å². The summed E-state index contributed by atoms with van der Waals surface area (Å²) in [5.74, 6) is -0.353. The number of rotatable bonds is 5. The van der Waals surface area contributed by atoms with Gasteiger partial charge in [0.25, 0.3) is 5.91 Å². The van der Waals surface area contributed by atoms with Crippen molar-refractivity contribution in [2.24, 2.45) is 0 Å². The third-order valence-corrected chi connectivity index (χ3v) is 3.91. The number of nitrogens with one attached hydrogen (secondary N) is 1. The second-order valence-corrected chi connectivity index (χ2v) is 5.93. The Kier molecular flexibility index (Phi) is 3.79. The van der Waals surface area contributed by atoms with Crippen LogP contribution in [0.25, 0.3) is 0 Å². The minimum atomic E-state index is -0.140. The number of phenols is 2. The number of amides is 1. The third-order valence-electron chi connectivity index (χ3n) is 3.91. The van der Waals surface area contributed by atoms with Crippen LogP contribution >= 0.6 is 0 Å². The van der Waals surface area contributed by atoms with Gasteiger partial charge in [-0.05, 0) is 56.0 Å². The maximum atomic E-state index is 12.4. The lowest BCUT2D eigenvalue weighted by molar-refractivity contribution is 0.0930. The van der Waals surface area contributed by atoms with E-state index in [9.17, 15) is 15.0 Å². The van der Waals surface area contributed by atoms with Crippen molar-refractivity contribution in [1.29, 1.82) is 0 Å². The Hall–Kier alpha value is -2.43. The molecule has 0 radical (unpaired) electrons. The first-order chi connectivity index (χ1) is 10.5. The molecule has 1 saturated carbocycles. The zero-order chi connectivity index (χ0) is 15.7. The van der Waals surface area contributed by atoms with Crippen LogP contribution in [-0.2, 0) is 6.42 Å². The molecule has 0 aliphatic heterocycles. The standard InChI is InChI=1S/C17H20N2O3/c1-11(9-12-4-7-15(20)16(21)10-12)18-17(22)14-3-2-8-19(14)13-5-6-13/h2-4,7-8,10-11,13,20-21H,5-6,9H2,1H3,(H,18,22). The van der Waals surface area contributed by atoms with Crippen LogP contribution in [0.4, 0.5) is 0 Å². The quantitative estimate of drug-likeness (QED) is 0.743. The summed E-state index contributed by atoms with van der Waals surface area (Å²) in [6.45, 7) is 1.92. The topological polar surface area (TPSA) is 74.5 Å². The number of aromatic nitrogens is 1. The normalized spacial score (nSPS) is 15.5. The number of hydrogen-bond donors (Lipinski definition) is 3. The van der Waals surface area contributed by atoms with Gasteiger partial charge in [-0.3, -0.25) is 4.79 Å². The van der Waals surface area contributed by atoms with Crippen LogP contribution in [0.5, 0.6) is 11.5 Å². The largest absolute Gasteiger partial charge is 0.504 e. The number of carbonyl (C=O) groups excluding carboxylic acids is 1. The van der Waals surface area contributed by atoms with Gasteiger partial charge in [0, 0.05) is 18.3 Å². The van der Waals surface area contributed by atoms with Gasteiger partial charge in [0.15, 0.2) is 11.5 Å². The van der Waals surface area contributed by atoms with E-state index in [1.165, 1.54) is 12.1 Å². The Labute approximate surface area is 129 Å². The molecule has 3 N–H and O–H groups in total. The highest BCUT2D eigenvalue weighted by molar-refractivity contribution is 5.93. The van der Waals surface area contributed by atoms with Crippen LogP contribution in [0.1, 0.15) is 41.9 Å². The number of aromatic hydroxyl groups is 2. The average molecular weight is 300 g/mol. The van der Waals surface area contributed by atoms with Gasteiger partial charge in [-0.15, -0.1) is 0 Å². The molecule has 3 rings (SSSR count). The molecule has 1 amide bonds. The van der Waals surface area contributed by atoms with Gasteiger partial charge in [0.1, 0.15) is 5.69 Å². The first-order valence-corrected chi connectivity index (χ1v) is 7.53. The molecule has 116 valence electrons. The van der Waals surface area contributed by atoms with Crippen LogP contribution in [0.2, 0.25) is 0 Å². The van der Waals surface area contributed by atoms with Gasteiger partial charge in [-0.2, -0.15) is 0 Å². The maximum Gasteiger partial charge on any atom is 0.268 e. The lowest BCUT2D eigenvalue weighted by Gasteiger charge is -2.15. The molecule has 5 nitrogen and oxygen atoms in total. The fourth-order valence-electron chi connectivity index (χ4n) is 2.66. The van der Waals surface area contributed by atoms with Crippen molar-refractivity contribution in [3.8, 4) is 11.5 Å². The molecule has 1 atom stereocenters. The Morgan fingerprint density at radius 1 is 1.32 bits per heavy atom. The molecule has 1 aliphatic carbocycles. The summed E-state index contributed by atoms with van der Waals surface area (Å²) in [6.07, 6.45) is 4.81. The summed E-state index contributed by atoms with van der Waals surface area (Å²) in [7, 11) is 0. The molecule has 0 saturated heterocycles. The highest BCUT2D eigenvalue weighted by atomic mass is 16.3. The number of benzene rings is 1. The molecule has 22 heavy (non-hydrogen) atoms. The summed E-state index contributed by atoms with van der Waals surface area (Å²) in [4.78, 5) is 12.4. The van der Waals surface area contributed by atoms with Crippen molar-refractivity contribution in [2.45, 2.75) is 38.3 Å². The van der Waals surface area contributed by atoms with E-state index in [1.807, 2.05) is 29.8 Å². The second-order valence-electron chi connectivity index (χ2n) is 5.93. The molecule has 1 aromatic carbocycles. The molecule has 1 unspecified atom stereocenters. The zero-order valence-electron chi connectivity index (χ0n) is 12.5. The van der Waals surface area contributed by atoms with Crippen molar-refractivity contribution in [3.63, 3.8) is 0 Å². The second kappa shape index (κ2) is 5.75. The highest BCUT2D eigenvalue weighted by Gasteiger charge is 2.27. The molecule has 2 aromatic rings. The lowest BCUT2D eigenvalue weighted by atomic mass is 10.1. The van der Waals surface area contributed by atoms with E-state index < -0.39 is 0 Å². The lowest BCUT2D eigenvalue weighted by Crippen LogP contribution is -2.35. The summed E-state index contributed by atoms with van der Waals surface area (Å²) in [5, 5.41) is 21.8. The number of phenolic OH excluding ortho intramolecular Hbond substituents is 2. The predicted molar refractivity (Wildman–Crippen MR) is 83.1 cm³/mol. The molecule has 1 heterocycles. The van der Waals surface area contributed by atoms with Crippen molar-refractivity contribution < 1.29 is 15.0 Å². The van der Waals surface area contributed by atoms with Gasteiger partial charge in [-0.25, -0.2) is 0 Å². The molecule has 5 heteroatoms. The van der Waals surface area contributed by atoms with Gasteiger partial charge >= 0.3 is 0 Å². The van der Waals surface area contributed by atoms with E-state index in [0.717, 1.165) is 18.4 Å². The first-order valence-electron chi connectivity index (χ1n) is 7.53. The van der Waals surface area contributed by atoms with Crippen LogP contribution in [0, 0.1) is 0 Å². The number of hydrogen-bond acceptors (Lipinski definition) is 3. The van der Waals surface area contributed by atoms with Crippen molar-refractivity contribution in [1.82, 2.24) is 9.88 Å². The summed E-state index contributed by atoms with van der Waals surface area (Å²) >= 11 is 0. The molecular weight excluding hydrogens is 280 g/mol. The zero-order valence-corrected chi connectivity index (χ0v) is 12.5. The number of nitrogens with zero attached hydrogens (tertiary/aromatic N) is 1. The average Bonchev–Trinajstić information content (AvgIpc) is 3.19. The molecular formula is C17H20N2O3. The van der Waals surface area contributed by atoms with Gasteiger partial charge < -0.3 is 20.1 Å². The Bertz CT molecular complexity index is 689. The summed E-state index contributed by atoms with van der Waals surface area (Å²) < 4.78 is 2.04. The molecule has 0 spiro atoms. The Morgan fingerprint density at radius 2 is 2.09 bits per heavy atom. The van der Waals surface area contributed by atoms with E-state index in [-0.39, 0.29) is 23.4 Å². The first kappa shape index (κ1) is 14.5. The van der Waals surface area contributed by atoms with Crippen molar-refractivity contribution in [3.05, 3.63) is 47.8 Å². The smallest absolute Gasteiger partial charge is 0.268 e.